The Bertz CT molecular complexity index is 590. The van der Waals surface area contributed by atoms with Gasteiger partial charge in [-0.15, -0.1) is 0 Å². The highest BCUT2D eigenvalue weighted by molar-refractivity contribution is 5.55. The molecule has 1 aromatic heterocycles. The molecular formula is C13H14FN3O2. The van der Waals surface area contributed by atoms with Gasteiger partial charge in [-0.25, -0.2) is 9.37 Å². The van der Waals surface area contributed by atoms with Crippen LogP contribution in [0.15, 0.2) is 24.5 Å². The molecular weight excluding hydrogens is 249 g/mol. The van der Waals surface area contributed by atoms with Crippen LogP contribution in [0.25, 0.3) is 0 Å². The molecule has 1 heterocycles. The van der Waals surface area contributed by atoms with Gasteiger partial charge < -0.3 is 14.8 Å². The molecule has 19 heavy (non-hydrogen) atoms. The number of hydrogen-bond donors (Lipinski definition) is 1. The maximum Gasteiger partial charge on any atom is 0.268 e. The lowest BCUT2D eigenvalue weighted by Crippen LogP contribution is -2.01. The van der Waals surface area contributed by atoms with Crippen molar-refractivity contribution in [2.24, 2.45) is 0 Å². The second kappa shape index (κ2) is 5.51. The number of aromatic nitrogens is 2. The number of nitrogens with one attached hydrogen (secondary N) is 1. The van der Waals surface area contributed by atoms with Gasteiger partial charge in [0.15, 0.2) is 5.82 Å². The Morgan fingerprint density at radius 2 is 2.05 bits per heavy atom. The highest BCUT2D eigenvalue weighted by Crippen LogP contribution is 2.34. The van der Waals surface area contributed by atoms with Crippen molar-refractivity contribution in [1.29, 1.82) is 0 Å². The monoisotopic (exact) mass is 263 g/mol. The summed E-state index contributed by atoms with van der Waals surface area (Å²) in [5.41, 5.74) is 0.673. The van der Waals surface area contributed by atoms with E-state index in [1.807, 2.05) is 0 Å². The molecule has 0 saturated carbocycles. The lowest BCUT2D eigenvalue weighted by Gasteiger charge is -2.12. The van der Waals surface area contributed by atoms with Crippen molar-refractivity contribution in [3.63, 3.8) is 0 Å². The zero-order valence-electron chi connectivity index (χ0n) is 10.9. The van der Waals surface area contributed by atoms with Crippen LogP contribution in [0.4, 0.5) is 10.2 Å². The number of rotatable bonds is 4. The third-order valence-electron chi connectivity index (χ3n) is 2.56. The van der Waals surface area contributed by atoms with Crippen molar-refractivity contribution in [2.45, 2.75) is 6.92 Å². The molecule has 0 aliphatic rings. The number of anilines is 1. The second-order valence-corrected chi connectivity index (χ2v) is 3.82. The molecule has 0 spiro atoms. The third kappa shape index (κ3) is 2.73. The molecule has 0 fully saturated rings. The van der Waals surface area contributed by atoms with E-state index in [1.165, 1.54) is 25.6 Å². The Morgan fingerprint density at radius 3 is 2.68 bits per heavy atom. The summed E-state index contributed by atoms with van der Waals surface area (Å²) in [5.74, 6) is 1.40. The minimum atomic E-state index is -0.310. The van der Waals surface area contributed by atoms with E-state index < -0.39 is 0 Å². The first-order chi connectivity index (χ1) is 9.15. The van der Waals surface area contributed by atoms with Crippen LogP contribution in [0.3, 0.4) is 0 Å². The van der Waals surface area contributed by atoms with Crippen molar-refractivity contribution in [1.82, 2.24) is 9.97 Å². The first-order valence-electron chi connectivity index (χ1n) is 5.66. The van der Waals surface area contributed by atoms with Crippen LogP contribution >= 0.6 is 0 Å². The molecule has 100 valence electrons. The van der Waals surface area contributed by atoms with Gasteiger partial charge in [-0.2, -0.15) is 4.98 Å². The van der Waals surface area contributed by atoms with E-state index in [1.54, 1.807) is 20.0 Å². The normalized spacial score (nSPS) is 10.1. The predicted molar refractivity (Wildman–Crippen MR) is 69.3 cm³/mol. The average molecular weight is 263 g/mol. The molecule has 1 aromatic carbocycles. The maximum atomic E-state index is 13.0. The van der Waals surface area contributed by atoms with Gasteiger partial charge in [0.1, 0.15) is 17.9 Å². The van der Waals surface area contributed by atoms with Gasteiger partial charge in [0, 0.05) is 7.05 Å². The molecule has 0 bridgehead atoms. The van der Waals surface area contributed by atoms with Crippen molar-refractivity contribution in [3.05, 3.63) is 35.9 Å². The first-order valence-corrected chi connectivity index (χ1v) is 5.66. The quantitative estimate of drug-likeness (QED) is 0.919. The zero-order chi connectivity index (χ0) is 13.8. The fourth-order valence-electron chi connectivity index (χ4n) is 1.62. The Hall–Kier alpha value is -2.37. The lowest BCUT2D eigenvalue weighted by molar-refractivity contribution is 0.368. The molecule has 0 unspecified atom stereocenters. The number of benzene rings is 1. The van der Waals surface area contributed by atoms with Crippen LogP contribution < -0.4 is 14.8 Å². The molecule has 0 aliphatic carbocycles. The van der Waals surface area contributed by atoms with E-state index in [2.05, 4.69) is 15.3 Å². The SMILES string of the molecule is CNc1ncnc(Oc2ccc(F)cc2C)c1OC. The van der Waals surface area contributed by atoms with E-state index in [4.69, 9.17) is 9.47 Å². The van der Waals surface area contributed by atoms with E-state index in [0.717, 1.165) is 0 Å². The number of ether oxygens (including phenoxy) is 2. The topological polar surface area (TPSA) is 56.3 Å². The number of halogens is 1. The van der Waals surface area contributed by atoms with Crippen LogP contribution in [-0.2, 0) is 0 Å². The molecule has 0 amide bonds. The Morgan fingerprint density at radius 1 is 1.26 bits per heavy atom. The lowest BCUT2D eigenvalue weighted by atomic mass is 10.2. The second-order valence-electron chi connectivity index (χ2n) is 3.82. The van der Waals surface area contributed by atoms with Gasteiger partial charge in [-0.3, -0.25) is 0 Å². The zero-order valence-corrected chi connectivity index (χ0v) is 10.9. The van der Waals surface area contributed by atoms with Crippen LogP contribution in [0.5, 0.6) is 17.4 Å². The maximum absolute atomic E-state index is 13.0. The summed E-state index contributed by atoms with van der Waals surface area (Å²) >= 11 is 0. The Labute approximate surface area is 110 Å². The van der Waals surface area contributed by atoms with Crippen LogP contribution in [-0.4, -0.2) is 24.1 Å². The van der Waals surface area contributed by atoms with E-state index >= 15 is 0 Å². The summed E-state index contributed by atoms with van der Waals surface area (Å²) in [7, 11) is 3.22. The van der Waals surface area contributed by atoms with Crippen molar-refractivity contribution in [3.8, 4) is 17.4 Å². The summed E-state index contributed by atoms with van der Waals surface area (Å²) in [6.07, 6.45) is 1.36. The van der Waals surface area contributed by atoms with Crippen LogP contribution in [0.2, 0.25) is 0 Å². The summed E-state index contributed by atoms with van der Waals surface area (Å²) in [5, 5.41) is 2.88. The van der Waals surface area contributed by atoms with Gasteiger partial charge in [0.25, 0.3) is 5.88 Å². The summed E-state index contributed by atoms with van der Waals surface area (Å²) in [6.45, 7) is 1.76. The average Bonchev–Trinajstić information content (AvgIpc) is 2.41. The highest BCUT2D eigenvalue weighted by Gasteiger charge is 2.14. The minimum Gasteiger partial charge on any atom is -0.489 e. The highest BCUT2D eigenvalue weighted by atomic mass is 19.1. The predicted octanol–water partition coefficient (Wildman–Crippen LogP) is 2.77. The largest absolute Gasteiger partial charge is 0.489 e. The molecule has 6 heteroatoms. The third-order valence-corrected chi connectivity index (χ3v) is 2.56. The molecule has 0 atom stereocenters. The molecule has 0 saturated heterocycles. The van der Waals surface area contributed by atoms with Gasteiger partial charge in [0.05, 0.1) is 7.11 Å². The Balaban J connectivity index is 2.37. The Kier molecular flexibility index (Phi) is 3.79. The van der Waals surface area contributed by atoms with Crippen molar-refractivity contribution in [2.75, 3.05) is 19.5 Å². The summed E-state index contributed by atoms with van der Waals surface area (Å²) < 4.78 is 23.9. The van der Waals surface area contributed by atoms with Gasteiger partial charge >= 0.3 is 0 Å². The molecule has 0 radical (unpaired) electrons. The standard InChI is InChI=1S/C13H14FN3O2/c1-8-6-9(14)4-5-10(8)19-13-11(18-3)12(15-2)16-7-17-13/h4-7H,1-3H3,(H,15,16,17). The smallest absolute Gasteiger partial charge is 0.268 e. The van der Waals surface area contributed by atoms with Crippen molar-refractivity contribution >= 4 is 5.82 Å². The first kappa shape index (κ1) is 13.1. The molecule has 1 N–H and O–H groups in total. The summed E-state index contributed by atoms with van der Waals surface area (Å²) in [6, 6.07) is 4.27. The van der Waals surface area contributed by atoms with Crippen LogP contribution in [0, 0.1) is 12.7 Å². The van der Waals surface area contributed by atoms with Gasteiger partial charge in [-0.05, 0) is 30.7 Å². The van der Waals surface area contributed by atoms with Gasteiger partial charge in [-0.1, -0.05) is 0 Å². The number of hydrogen-bond acceptors (Lipinski definition) is 5. The summed E-state index contributed by atoms with van der Waals surface area (Å²) in [4.78, 5) is 8.04. The minimum absolute atomic E-state index is 0.275. The molecule has 2 rings (SSSR count). The van der Waals surface area contributed by atoms with E-state index in [-0.39, 0.29) is 11.7 Å². The number of methoxy groups -OCH3 is 1. The molecule has 0 aliphatic heterocycles. The van der Waals surface area contributed by atoms with Crippen molar-refractivity contribution < 1.29 is 13.9 Å². The number of aryl methyl sites for hydroxylation is 1. The van der Waals surface area contributed by atoms with E-state index in [9.17, 15) is 4.39 Å². The fraction of sp³-hybridized carbons (Fsp3) is 0.231. The van der Waals surface area contributed by atoms with Crippen LogP contribution in [0.1, 0.15) is 5.56 Å². The molecule has 5 nitrogen and oxygen atoms in total. The van der Waals surface area contributed by atoms with E-state index in [0.29, 0.717) is 22.9 Å². The van der Waals surface area contributed by atoms with Gasteiger partial charge in [0.2, 0.25) is 5.75 Å². The molecule has 2 aromatic rings. The fourth-order valence-corrected chi connectivity index (χ4v) is 1.62. The number of nitrogens with zero attached hydrogens (tertiary/aromatic N) is 2.